The quantitative estimate of drug-likeness (QED) is 0.206. The van der Waals surface area contributed by atoms with Crippen LogP contribution in [-0.4, -0.2) is 15.0 Å². The lowest BCUT2D eigenvalue weighted by Crippen LogP contribution is -2.38. The van der Waals surface area contributed by atoms with E-state index in [1.165, 1.54) is 48.8 Å². The fourth-order valence-corrected chi connectivity index (χ4v) is 9.20. The number of fused-ring (bicyclic) bond motifs is 5. The molecule has 4 aromatic carbocycles. The number of rotatable bonds is 4. The second-order valence-electron chi connectivity index (χ2n) is 15.0. The Hall–Kier alpha value is -4.62. The molecule has 228 valence electrons. The Balaban J connectivity index is 1.24. The summed E-state index contributed by atoms with van der Waals surface area (Å²) in [7, 11) is 0. The van der Waals surface area contributed by atoms with Gasteiger partial charge in [0.05, 0.1) is 11.6 Å². The molecule has 1 heterocycles. The molecule has 4 heteroatoms. The second kappa shape index (κ2) is 10.7. The predicted octanol–water partition coefficient (Wildman–Crippen LogP) is 10.2. The van der Waals surface area contributed by atoms with Gasteiger partial charge in [-0.15, -0.1) is 0 Å². The highest BCUT2D eigenvalue weighted by Crippen LogP contribution is 2.55. The van der Waals surface area contributed by atoms with Crippen LogP contribution < -0.4 is 0 Å². The van der Waals surface area contributed by atoms with Crippen molar-refractivity contribution in [2.45, 2.75) is 70.6 Å². The van der Waals surface area contributed by atoms with E-state index in [0.717, 1.165) is 45.6 Å². The first-order valence-corrected chi connectivity index (χ1v) is 16.8. The maximum Gasteiger partial charge on any atom is 0.164 e. The van der Waals surface area contributed by atoms with Crippen molar-refractivity contribution in [3.8, 4) is 51.4 Å². The van der Waals surface area contributed by atoms with E-state index in [-0.39, 0.29) is 10.8 Å². The summed E-state index contributed by atoms with van der Waals surface area (Å²) in [5.74, 6) is 4.35. The van der Waals surface area contributed by atoms with Gasteiger partial charge in [0, 0.05) is 27.7 Å². The molecule has 8 rings (SSSR count). The Morgan fingerprint density at radius 3 is 1.78 bits per heavy atom. The van der Waals surface area contributed by atoms with Crippen LogP contribution in [-0.2, 0) is 10.8 Å². The van der Waals surface area contributed by atoms with Gasteiger partial charge in [0.15, 0.2) is 17.5 Å². The SMILES string of the molecule is CC1CC2C[C@@H](C1)CC(C)(c1ccc3c(c1)C(C)(C)c1cc(-c4nc(-c5ccccc5)nc(-c5ccccc5)n4)cc(C#N)c1-3)C2. The summed E-state index contributed by atoms with van der Waals surface area (Å²) in [6.07, 6.45) is 6.71. The minimum atomic E-state index is -0.269. The Bertz CT molecular complexity index is 1930. The highest BCUT2D eigenvalue weighted by Gasteiger charge is 2.44. The molecule has 0 aliphatic heterocycles. The van der Waals surface area contributed by atoms with Crippen LogP contribution in [0.5, 0.6) is 0 Å². The number of nitrogens with zero attached hydrogens (tertiary/aromatic N) is 4. The third-order valence-corrected chi connectivity index (χ3v) is 11.2. The molecule has 3 unspecified atom stereocenters. The lowest BCUT2D eigenvalue weighted by Gasteiger charge is -2.48. The topological polar surface area (TPSA) is 62.5 Å². The van der Waals surface area contributed by atoms with Gasteiger partial charge >= 0.3 is 0 Å². The van der Waals surface area contributed by atoms with Gasteiger partial charge in [-0.2, -0.15) is 5.26 Å². The van der Waals surface area contributed by atoms with Gasteiger partial charge in [0.1, 0.15) is 0 Å². The molecule has 2 fully saturated rings. The van der Waals surface area contributed by atoms with Crippen LogP contribution in [0.25, 0.3) is 45.3 Å². The summed E-state index contributed by atoms with van der Waals surface area (Å²) in [5.41, 5.74) is 9.49. The summed E-state index contributed by atoms with van der Waals surface area (Å²) in [6, 6.07) is 34.0. The number of aromatic nitrogens is 3. The van der Waals surface area contributed by atoms with Gasteiger partial charge < -0.3 is 0 Å². The Morgan fingerprint density at radius 2 is 1.22 bits per heavy atom. The highest BCUT2D eigenvalue weighted by molar-refractivity contribution is 5.87. The summed E-state index contributed by atoms with van der Waals surface area (Å²) in [4.78, 5) is 14.8. The van der Waals surface area contributed by atoms with E-state index in [1.807, 2.05) is 66.7 Å². The van der Waals surface area contributed by atoms with Crippen LogP contribution in [0.15, 0.2) is 91.0 Å². The summed E-state index contributed by atoms with van der Waals surface area (Å²) in [5, 5.41) is 10.5. The minimum absolute atomic E-state index is 0.198. The zero-order valence-electron chi connectivity index (χ0n) is 27.2. The maximum atomic E-state index is 10.5. The van der Waals surface area contributed by atoms with Crippen molar-refractivity contribution in [2.24, 2.45) is 17.8 Å². The van der Waals surface area contributed by atoms with Gasteiger partial charge in [-0.05, 0) is 89.7 Å². The fourth-order valence-electron chi connectivity index (χ4n) is 9.20. The molecule has 4 nitrogen and oxygen atoms in total. The molecule has 2 saturated carbocycles. The average molecular weight is 601 g/mol. The molecule has 0 spiro atoms. The molecule has 3 aliphatic carbocycles. The van der Waals surface area contributed by atoms with E-state index < -0.39 is 0 Å². The minimum Gasteiger partial charge on any atom is -0.208 e. The standard InChI is InChI=1S/C42H40N4/c1-26-17-27-19-28(18-26)24-42(4,23-27)33-15-16-34-35(22-33)41(2,3)36-21-31(20-32(25-43)37(34)36)40-45-38(29-11-7-5-8-12-29)44-39(46-40)30-13-9-6-10-14-30/h5-16,20-22,26-28H,17-19,23-24H2,1-4H3/t26?,27-,28?,42?/m1/s1. The van der Waals surface area contributed by atoms with Crippen LogP contribution in [0.4, 0.5) is 0 Å². The van der Waals surface area contributed by atoms with E-state index in [0.29, 0.717) is 23.0 Å². The largest absolute Gasteiger partial charge is 0.208 e. The molecule has 2 bridgehead atoms. The number of nitriles is 1. The van der Waals surface area contributed by atoms with Crippen molar-refractivity contribution >= 4 is 0 Å². The number of benzene rings is 4. The summed E-state index contributed by atoms with van der Waals surface area (Å²) in [6.45, 7) is 9.57. The highest BCUT2D eigenvalue weighted by atomic mass is 15.0. The molecule has 3 aliphatic rings. The lowest BCUT2D eigenvalue weighted by molar-refractivity contribution is 0.0898. The third-order valence-electron chi connectivity index (χ3n) is 11.2. The van der Waals surface area contributed by atoms with Gasteiger partial charge in [0.25, 0.3) is 0 Å². The first kappa shape index (κ1) is 28.8. The van der Waals surface area contributed by atoms with Crippen molar-refractivity contribution in [3.63, 3.8) is 0 Å². The van der Waals surface area contributed by atoms with Gasteiger partial charge in [-0.3, -0.25) is 0 Å². The van der Waals surface area contributed by atoms with E-state index >= 15 is 0 Å². The van der Waals surface area contributed by atoms with E-state index in [4.69, 9.17) is 15.0 Å². The molecule has 0 radical (unpaired) electrons. The molecule has 0 N–H and O–H groups in total. The molecular weight excluding hydrogens is 560 g/mol. The molecule has 0 amide bonds. The Kier molecular flexibility index (Phi) is 6.73. The number of hydrogen-bond acceptors (Lipinski definition) is 4. The van der Waals surface area contributed by atoms with Crippen molar-refractivity contribution in [1.82, 2.24) is 15.0 Å². The van der Waals surface area contributed by atoms with Crippen LogP contribution in [0.1, 0.15) is 82.1 Å². The summed E-state index contributed by atoms with van der Waals surface area (Å²) < 4.78 is 0. The molecular formula is C42H40N4. The summed E-state index contributed by atoms with van der Waals surface area (Å²) >= 11 is 0. The van der Waals surface area contributed by atoms with E-state index in [1.54, 1.807) is 0 Å². The predicted molar refractivity (Wildman–Crippen MR) is 185 cm³/mol. The molecule has 1 aromatic heterocycles. The molecule has 46 heavy (non-hydrogen) atoms. The Morgan fingerprint density at radius 1 is 0.652 bits per heavy atom. The van der Waals surface area contributed by atoms with Crippen molar-refractivity contribution in [1.29, 1.82) is 5.26 Å². The third kappa shape index (κ3) is 4.76. The molecule has 0 saturated heterocycles. The fraction of sp³-hybridized carbons (Fsp3) is 0.333. The second-order valence-corrected chi connectivity index (χ2v) is 15.0. The normalized spacial score (nSPS) is 24.1. The molecule has 4 atom stereocenters. The first-order chi connectivity index (χ1) is 22.2. The zero-order chi connectivity index (χ0) is 31.6. The lowest BCUT2D eigenvalue weighted by atomic mass is 9.57. The zero-order valence-corrected chi connectivity index (χ0v) is 27.2. The van der Waals surface area contributed by atoms with E-state index in [9.17, 15) is 5.26 Å². The van der Waals surface area contributed by atoms with Gasteiger partial charge in [-0.25, -0.2) is 15.0 Å². The monoisotopic (exact) mass is 600 g/mol. The first-order valence-electron chi connectivity index (χ1n) is 16.8. The number of hydrogen-bond donors (Lipinski definition) is 0. The van der Waals surface area contributed by atoms with Crippen molar-refractivity contribution < 1.29 is 0 Å². The van der Waals surface area contributed by atoms with Crippen molar-refractivity contribution in [3.05, 3.63) is 113 Å². The smallest absolute Gasteiger partial charge is 0.164 e. The van der Waals surface area contributed by atoms with Crippen LogP contribution in [0, 0.1) is 29.1 Å². The van der Waals surface area contributed by atoms with Gasteiger partial charge in [0.2, 0.25) is 0 Å². The Labute approximate surface area is 272 Å². The van der Waals surface area contributed by atoms with Crippen molar-refractivity contribution in [2.75, 3.05) is 0 Å². The van der Waals surface area contributed by atoms with E-state index in [2.05, 4.69) is 58.0 Å². The van der Waals surface area contributed by atoms with Gasteiger partial charge in [-0.1, -0.05) is 107 Å². The van der Waals surface area contributed by atoms with Crippen LogP contribution in [0.2, 0.25) is 0 Å². The maximum absolute atomic E-state index is 10.5. The van der Waals surface area contributed by atoms with Crippen LogP contribution >= 0.6 is 0 Å². The average Bonchev–Trinajstić information content (AvgIpc) is 3.30. The molecule has 5 aromatic rings. The van der Waals surface area contributed by atoms with Crippen LogP contribution in [0.3, 0.4) is 0 Å².